The van der Waals surface area contributed by atoms with Gasteiger partial charge in [-0.3, -0.25) is 0 Å². The van der Waals surface area contributed by atoms with Crippen LogP contribution < -0.4 is 10.2 Å². The van der Waals surface area contributed by atoms with E-state index in [1.807, 2.05) is 12.4 Å². The van der Waals surface area contributed by atoms with Gasteiger partial charge in [-0.1, -0.05) is 0 Å². The topological polar surface area (TPSA) is 50.3 Å². The maximum absolute atomic E-state index is 4.99. The highest BCUT2D eigenvalue weighted by Crippen LogP contribution is 2.30. The summed E-state index contributed by atoms with van der Waals surface area (Å²) < 4.78 is 4.99. The summed E-state index contributed by atoms with van der Waals surface area (Å²) in [5.74, 6) is 0.850. The first-order chi connectivity index (χ1) is 9.13. The van der Waals surface area contributed by atoms with Crippen molar-refractivity contribution in [2.75, 3.05) is 31.7 Å². The Morgan fingerprint density at radius 2 is 2.11 bits per heavy atom. The molecule has 0 aliphatic carbocycles. The third kappa shape index (κ3) is 3.64. The molecular formula is C14H24N4O. The first-order valence-electron chi connectivity index (χ1n) is 6.92. The second kappa shape index (κ2) is 6.30. The number of rotatable bonds is 6. The molecule has 0 atom stereocenters. The standard InChI is InChI=1S/C14H24N4O/c1-14(2)5-4-7-18(14)13-16-10-12(11-17-13)9-15-6-8-19-3/h10-11,15H,4-9H2,1-3H3. The van der Waals surface area contributed by atoms with Crippen LogP contribution in [0.4, 0.5) is 5.95 Å². The molecule has 0 saturated carbocycles. The highest BCUT2D eigenvalue weighted by Gasteiger charge is 2.33. The summed E-state index contributed by atoms with van der Waals surface area (Å²) in [4.78, 5) is 11.3. The Hall–Kier alpha value is -1.20. The van der Waals surface area contributed by atoms with Crippen molar-refractivity contribution in [1.29, 1.82) is 0 Å². The van der Waals surface area contributed by atoms with Crippen molar-refractivity contribution in [3.63, 3.8) is 0 Å². The molecule has 0 amide bonds. The normalized spacial score (nSPS) is 17.9. The monoisotopic (exact) mass is 264 g/mol. The van der Waals surface area contributed by atoms with Crippen LogP contribution >= 0.6 is 0 Å². The van der Waals surface area contributed by atoms with E-state index < -0.39 is 0 Å². The van der Waals surface area contributed by atoms with Crippen LogP contribution in [0.25, 0.3) is 0 Å². The summed E-state index contributed by atoms with van der Waals surface area (Å²) >= 11 is 0. The lowest BCUT2D eigenvalue weighted by Gasteiger charge is -2.31. The van der Waals surface area contributed by atoms with E-state index in [0.29, 0.717) is 0 Å². The molecule has 1 aromatic heterocycles. The molecule has 2 rings (SSSR count). The molecule has 0 aromatic carbocycles. The molecule has 19 heavy (non-hydrogen) atoms. The zero-order valence-corrected chi connectivity index (χ0v) is 12.1. The fourth-order valence-electron chi connectivity index (χ4n) is 2.46. The van der Waals surface area contributed by atoms with Crippen LogP contribution in [-0.2, 0) is 11.3 Å². The summed E-state index contributed by atoms with van der Waals surface area (Å²) in [6.07, 6.45) is 6.25. The Labute approximate surface area is 115 Å². The van der Waals surface area contributed by atoms with Gasteiger partial charge in [-0.25, -0.2) is 9.97 Å². The van der Waals surface area contributed by atoms with E-state index in [1.54, 1.807) is 7.11 Å². The SMILES string of the molecule is COCCNCc1cnc(N2CCCC2(C)C)nc1. The Kier molecular flexibility index (Phi) is 4.71. The van der Waals surface area contributed by atoms with Crippen molar-refractivity contribution in [1.82, 2.24) is 15.3 Å². The predicted octanol–water partition coefficient (Wildman–Crippen LogP) is 1.59. The van der Waals surface area contributed by atoms with Crippen molar-refractivity contribution in [2.24, 2.45) is 0 Å². The first kappa shape index (κ1) is 14.2. The molecule has 2 heterocycles. The van der Waals surface area contributed by atoms with Gasteiger partial charge in [-0.05, 0) is 26.7 Å². The number of hydrogen-bond donors (Lipinski definition) is 1. The van der Waals surface area contributed by atoms with Crippen molar-refractivity contribution in [3.05, 3.63) is 18.0 Å². The first-order valence-corrected chi connectivity index (χ1v) is 6.92. The van der Waals surface area contributed by atoms with E-state index in [-0.39, 0.29) is 5.54 Å². The van der Waals surface area contributed by atoms with Crippen LogP contribution in [0.5, 0.6) is 0 Å². The molecule has 0 bridgehead atoms. The van der Waals surface area contributed by atoms with Crippen LogP contribution in [0.3, 0.4) is 0 Å². The number of hydrogen-bond acceptors (Lipinski definition) is 5. The third-order valence-corrected chi connectivity index (χ3v) is 3.65. The van der Waals surface area contributed by atoms with Crippen LogP contribution in [0.15, 0.2) is 12.4 Å². The summed E-state index contributed by atoms with van der Waals surface area (Å²) in [5.41, 5.74) is 1.29. The second-order valence-electron chi connectivity index (χ2n) is 5.63. The van der Waals surface area contributed by atoms with E-state index in [2.05, 4.69) is 34.0 Å². The van der Waals surface area contributed by atoms with Gasteiger partial charge in [0.15, 0.2) is 0 Å². The summed E-state index contributed by atoms with van der Waals surface area (Å²) in [6, 6.07) is 0. The van der Waals surface area contributed by atoms with Gasteiger partial charge in [0, 0.05) is 50.2 Å². The molecule has 1 fully saturated rings. The summed E-state index contributed by atoms with van der Waals surface area (Å²) in [5, 5.41) is 3.29. The molecule has 0 unspecified atom stereocenters. The average molecular weight is 264 g/mol. The highest BCUT2D eigenvalue weighted by molar-refractivity contribution is 5.36. The summed E-state index contributed by atoms with van der Waals surface area (Å²) in [7, 11) is 1.71. The van der Waals surface area contributed by atoms with Crippen LogP contribution in [0, 0.1) is 0 Å². The fourth-order valence-corrected chi connectivity index (χ4v) is 2.46. The van der Waals surface area contributed by atoms with Crippen molar-refractivity contribution in [3.8, 4) is 0 Å². The lowest BCUT2D eigenvalue weighted by Crippen LogP contribution is -2.39. The van der Waals surface area contributed by atoms with E-state index in [1.165, 1.54) is 12.8 Å². The molecule has 5 nitrogen and oxygen atoms in total. The minimum absolute atomic E-state index is 0.179. The molecule has 106 valence electrons. The molecule has 0 radical (unpaired) electrons. The van der Waals surface area contributed by atoms with Gasteiger partial charge in [0.1, 0.15) is 0 Å². The smallest absolute Gasteiger partial charge is 0.225 e. The third-order valence-electron chi connectivity index (χ3n) is 3.65. The Morgan fingerprint density at radius 3 is 2.68 bits per heavy atom. The van der Waals surface area contributed by atoms with Crippen molar-refractivity contribution >= 4 is 5.95 Å². The lowest BCUT2D eigenvalue weighted by atomic mass is 10.0. The molecule has 0 spiro atoms. The Morgan fingerprint density at radius 1 is 1.37 bits per heavy atom. The van der Waals surface area contributed by atoms with E-state index >= 15 is 0 Å². The average Bonchev–Trinajstić information content (AvgIpc) is 2.75. The number of ether oxygens (including phenoxy) is 1. The van der Waals surface area contributed by atoms with Gasteiger partial charge >= 0.3 is 0 Å². The molecule has 5 heteroatoms. The second-order valence-corrected chi connectivity index (χ2v) is 5.63. The van der Waals surface area contributed by atoms with E-state index in [9.17, 15) is 0 Å². The van der Waals surface area contributed by atoms with Gasteiger partial charge in [-0.2, -0.15) is 0 Å². The van der Waals surface area contributed by atoms with Gasteiger partial charge in [0.2, 0.25) is 5.95 Å². The number of methoxy groups -OCH3 is 1. The minimum atomic E-state index is 0.179. The number of nitrogens with one attached hydrogen (secondary N) is 1. The number of anilines is 1. The van der Waals surface area contributed by atoms with E-state index in [0.717, 1.165) is 37.8 Å². The van der Waals surface area contributed by atoms with Gasteiger partial charge in [0.25, 0.3) is 0 Å². The molecule has 1 aromatic rings. The molecule has 1 aliphatic heterocycles. The minimum Gasteiger partial charge on any atom is -0.383 e. The van der Waals surface area contributed by atoms with Crippen molar-refractivity contribution < 1.29 is 4.74 Å². The molecular weight excluding hydrogens is 240 g/mol. The lowest BCUT2D eigenvalue weighted by molar-refractivity contribution is 0.199. The van der Waals surface area contributed by atoms with Gasteiger partial charge in [0.05, 0.1) is 6.61 Å². The van der Waals surface area contributed by atoms with Crippen molar-refractivity contribution in [2.45, 2.75) is 38.8 Å². The van der Waals surface area contributed by atoms with Gasteiger partial charge in [-0.15, -0.1) is 0 Å². The zero-order chi connectivity index (χ0) is 13.7. The number of nitrogens with zero attached hydrogens (tertiary/aromatic N) is 3. The Balaban J connectivity index is 1.91. The molecule has 1 saturated heterocycles. The maximum Gasteiger partial charge on any atom is 0.225 e. The quantitative estimate of drug-likeness (QED) is 0.791. The largest absolute Gasteiger partial charge is 0.383 e. The van der Waals surface area contributed by atoms with Crippen LogP contribution in [-0.4, -0.2) is 42.3 Å². The molecule has 1 N–H and O–H groups in total. The molecule has 1 aliphatic rings. The zero-order valence-electron chi connectivity index (χ0n) is 12.1. The maximum atomic E-state index is 4.99. The highest BCUT2D eigenvalue weighted by atomic mass is 16.5. The number of aromatic nitrogens is 2. The summed E-state index contributed by atoms with van der Waals surface area (Å²) in [6.45, 7) is 7.91. The fraction of sp³-hybridized carbons (Fsp3) is 0.714. The van der Waals surface area contributed by atoms with E-state index in [4.69, 9.17) is 4.74 Å². The predicted molar refractivity (Wildman–Crippen MR) is 76.3 cm³/mol. The van der Waals surface area contributed by atoms with Crippen LogP contribution in [0.1, 0.15) is 32.3 Å². The Bertz CT molecular complexity index is 391. The van der Waals surface area contributed by atoms with Crippen LogP contribution in [0.2, 0.25) is 0 Å². The van der Waals surface area contributed by atoms with Gasteiger partial charge < -0.3 is 15.0 Å².